The summed E-state index contributed by atoms with van der Waals surface area (Å²) < 4.78 is 74.2. The molecule has 0 spiro atoms. The van der Waals surface area contributed by atoms with E-state index in [1.165, 1.54) is 56.2 Å². The van der Waals surface area contributed by atoms with E-state index in [0.717, 1.165) is 71.2 Å². The highest BCUT2D eigenvalue weighted by atomic mass is 127. The Bertz CT molecular complexity index is 5890. The number of nitrogens with one attached hydrogen (secondary N) is 3. The number of oxazole rings is 2. The maximum absolute atomic E-state index is 13.1. The van der Waals surface area contributed by atoms with Crippen LogP contribution in [0, 0.1) is 32.2 Å². The Morgan fingerprint density at radius 1 is 0.655 bits per heavy atom. The quantitative estimate of drug-likeness (QED) is 0.0277. The first-order chi connectivity index (χ1) is 53.0. The highest BCUT2D eigenvalue weighted by molar-refractivity contribution is 14.1. The molecule has 31 nitrogen and oxygen atoms in total. The largest absolute Gasteiger partial charge is 0.488 e. The summed E-state index contributed by atoms with van der Waals surface area (Å²) in [6.45, 7) is 6.78. The van der Waals surface area contributed by atoms with Gasteiger partial charge in [-0.1, -0.05) is 109 Å². The number of nitrogens with two attached hydrogens (primary N) is 4. The topological polar surface area (TPSA) is 492 Å². The van der Waals surface area contributed by atoms with E-state index < -0.39 is 46.4 Å². The van der Waals surface area contributed by atoms with Crippen molar-refractivity contribution in [3.63, 3.8) is 0 Å². The number of anilines is 4. The van der Waals surface area contributed by atoms with Crippen LogP contribution in [0.15, 0.2) is 234 Å². The summed E-state index contributed by atoms with van der Waals surface area (Å²) in [5.74, 6) is 1.60. The number of fused-ring (bicyclic) bond motifs is 3. The third-order valence-corrected chi connectivity index (χ3v) is 18.1. The molecule has 13 N–H and O–H groups in total. The van der Waals surface area contributed by atoms with Crippen molar-refractivity contribution < 1.29 is 49.6 Å². The molecule has 554 valence electrons. The van der Waals surface area contributed by atoms with E-state index in [1.54, 1.807) is 87.6 Å². The van der Waals surface area contributed by atoms with Crippen LogP contribution in [0.3, 0.4) is 0 Å². The van der Waals surface area contributed by atoms with Crippen LogP contribution in [-0.2, 0) is 46.0 Å². The van der Waals surface area contributed by atoms with Gasteiger partial charge in [-0.3, -0.25) is 0 Å². The number of hydrogen-bond donors (Lipinski definition) is 9. The number of nitrogens with zero attached hydrogens (tertiary/aromatic N) is 14. The first kappa shape index (κ1) is 79.1. The smallest absolute Gasteiger partial charge is 0.444 e. The number of aromatic nitrogens is 13. The number of benzene rings is 5. The number of alkyl carbamates (subject to hydrolysis) is 1. The molecule has 0 aliphatic carbocycles. The summed E-state index contributed by atoms with van der Waals surface area (Å²) in [6.07, 6.45) is 17.6. The number of ether oxygens (including phenoxy) is 1. The fourth-order valence-corrected chi connectivity index (χ4v) is 12.8. The molecule has 10 aromatic heterocycles. The molecular formula is C74H64BFIN21O10S2. The molecule has 1 amide bonds. The molecule has 15 rings (SSSR count). The first-order valence-corrected chi connectivity index (χ1v) is 35.7. The third-order valence-electron chi connectivity index (χ3n) is 15.6. The highest BCUT2D eigenvalue weighted by Gasteiger charge is 2.24. The van der Waals surface area contributed by atoms with Gasteiger partial charge >= 0.3 is 24.8 Å². The molecule has 0 fully saturated rings. The summed E-state index contributed by atoms with van der Waals surface area (Å²) in [4.78, 5) is 55.3. The number of halogens is 2. The second kappa shape index (κ2) is 36.7. The van der Waals surface area contributed by atoms with Gasteiger partial charge in [0.2, 0.25) is 17.7 Å². The van der Waals surface area contributed by atoms with Crippen LogP contribution < -0.4 is 39.0 Å². The second-order valence-electron chi connectivity index (χ2n) is 24.0. The van der Waals surface area contributed by atoms with Gasteiger partial charge in [0, 0.05) is 71.0 Å². The van der Waals surface area contributed by atoms with Crippen molar-refractivity contribution in [2.75, 3.05) is 22.5 Å². The molecule has 0 radical (unpaired) electrons. The van der Waals surface area contributed by atoms with Gasteiger partial charge in [0.15, 0.2) is 11.3 Å². The van der Waals surface area contributed by atoms with E-state index in [0.29, 0.717) is 74.2 Å². The fraction of sp³-hybridized carbons (Fsp3) is 0.0946. The van der Waals surface area contributed by atoms with Crippen molar-refractivity contribution >= 4 is 119 Å². The van der Waals surface area contributed by atoms with Crippen LogP contribution in [0.5, 0.6) is 0 Å². The van der Waals surface area contributed by atoms with Crippen molar-refractivity contribution in [2.24, 2.45) is 5.73 Å². The lowest BCUT2D eigenvalue weighted by Gasteiger charge is -2.19. The molecule has 5 aromatic carbocycles. The number of rotatable bonds is 14. The van der Waals surface area contributed by atoms with Gasteiger partial charge in [-0.2, -0.15) is 23.3 Å². The average Bonchev–Trinajstić information content (AvgIpc) is 1.62. The van der Waals surface area contributed by atoms with Gasteiger partial charge in [0.05, 0.1) is 55.7 Å². The van der Waals surface area contributed by atoms with Crippen LogP contribution in [-0.4, -0.2) is 109 Å². The van der Waals surface area contributed by atoms with Gasteiger partial charge in [-0.15, -0.1) is 0 Å². The zero-order valence-electron chi connectivity index (χ0n) is 58.3. The van der Waals surface area contributed by atoms with E-state index in [-0.39, 0.29) is 33.4 Å². The number of nitriles is 2. The maximum Gasteiger partial charge on any atom is 0.488 e. The van der Waals surface area contributed by atoms with E-state index in [2.05, 4.69) is 89.9 Å². The molecule has 110 heavy (non-hydrogen) atoms. The maximum atomic E-state index is 13.1. The van der Waals surface area contributed by atoms with Crippen molar-refractivity contribution in [3.05, 3.63) is 258 Å². The number of carbonyl (C=O) groups is 1. The summed E-state index contributed by atoms with van der Waals surface area (Å²) >= 11 is 1.27. The van der Waals surface area contributed by atoms with Crippen LogP contribution in [0.1, 0.15) is 48.6 Å². The zero-order chi connectivity index (χ0) is 78.5. The van der Waals surface area contributed by atoms with Gasteiger partial charge in [0.1, 0.15) is 78.2 Å². The minimum Gasteiger partial charge on any atom is -0.444 e. The average molecular weight is 1630 g/mol. The number of amides is 1. The number of aromatic amines is 1. The number of hydrogen-bond acceptors (Lipinski definition) is 27. The van der Waals surface area contributed by atoms with Crippen LogP contribution in [0.2, 0.25) is 0 Å². The molecule has 0 atom stereocenters. The molecule has 0 saturated heterocycles. The molecule has 0 aliphatic rings. The summed E-state index contributed by atoms with van der Waals surface area (Å²) in [6, 6.07) is 48.1. The number of pyridine rings is 2. The van der Waals surface area contributed by atoms with Crippen molar-refractivity contribution in [2.45, 2.75) is 50.9 Å². The van der Waals surface area contributed by atoms with Crippen molar-refractivity contribution in [3.8, 4) is 63.0 Å². The van der Waals surface area contributed by atoms with Crippen LogP contribution in [0.25, 0.3) is 83.9 Å². The fourth-order valence-electron chi connectivity index (χ4n) is 10.5. The Hall–Kier alpha value is -13.5. The standard InChI is InChI=1S/C22H16N8O.C19H17N5.C12H18BNO4.C12H9IN4O2S.C9H4FN3O.O2S/c23-8-14-7-16(22-25-5-6-31-22)20(27-10-14)26-9-13-1-3-15(4-2-13)17-11-28-21-18(17)19(24)29-12-30-21;20-10-13-6-8-14(9-7-13)16-11-24(15-4-2-1-3-5-15)19-17(16)18(21)22-12-23-19;1-12(2,3)18-11(15)14-8-9-4-6-10(7-5-9)13(16)17;13-9-6-17(12-10(9)11(14)15-7-16-12)20(18,19)8-4-2-1-3-5-8;10-8-7(9-12-1-2-14-9)3-6(4-11)5-13-8;1-3-2/h1-7,10-12H,9H2,(H,26,27)(H3,24,28,29,30);1-9,11-12H,10,20H2,(H2,21,22,23);4-7,16-17H,8H2,1-3H3,(H,14,15);1-7H,(H2,14,15,16);1-3,5H;. The minimum absolute atomic E-state index is 0.0917. The van der Waals surface area contributed by atoms with E-state index in [1.807, 2.05) is 106 Å². The summed E-state index contributed by atoms with van der Waals surface area (Å²) in [5.41, 5.74) is 34.8. The predicted octanol–water partition coefficient (Wildman–Crippen LogP) is 10.2. The number of para-hydroxylation sites is 1. The van der Waals surface area contributed by atoms with Gasteiger partial charge in [0.25, 0.3) is 10.0 Å². The molecule has 15 aromatic rings. The Morgan fingerprint density at radius 3 is 1.76 bits per heavy atom. The predicted molar refractivity (Wildman–Crippen MR) is 418 cm³/mol. The Labute approximate surface area is 643 Å². The molecular weight excluding hydrogens is 1560 g/mol. The molecule has 10 heterocycles. The van der Waals surface area contributed by atoms with E-state index in [4.69, 9.17) is 65.5 Å². The SMILES string of the molecule is CC(C)(C)OC(=O)NCc1ccc(B(O)O)cc1.N#Cc1cnc(F)c(-c2ncco2)c1.N#Cc1cnc(NCc2ccc(-c3c[nH]c4ncnc(N)c34)cc2)c(-c2ncco2)c1.NCc1ccc(-c2cn(-c3ccccc3)c3ncnc(N)c23)cc1.Nc1ncnc2c1c(I)cn2S(=O)(=O)c1ccccc1.O=S=O. The summed E-state index contributed by atoms with van der Waals surface area (Å²) in [7, 11) is -5.17. The first-order valence-electron chi connectivity index (χ1n) is 32.6. The lowest BCUT2D eigenvalue weighted by Crippen LogP contribution is -2.32. The Kier molecular flexibility index (Phi) is 26.4. The molecule has 0 saturated carbocycles. The lowest BCUT2D eigenvalue weighted by molar-refractivity contribution is 0.0523. The van der Waals surface area contributed by atoms with Gasteiger partial charge in [-0.05, 0) is 113 Å². The third kappa shape index (κ3) is 19.8. The zero-order valence-corrected chi connectivity index (χ0v) is 62.1. The Balaban J connectivity index is 0.000000148. The minimum atomic E-state index is -3.70. The van der Waals surface area contributed by atoms with Crippen LogP contribution in [0.4, 0.5) is 32.5 Å². The molecule has 36 heteroatoms. The number of H-pyrrole nitrogens is 1. The van der Waals surface area contributed by atoms with E-state index >= 15 is 0 Å². The van der Waals surface area contributed by atoms with Gasteiger partial charge in [-0.25, -0.2) is 67.0 Å². The second-order valence-corrected chi connectivity index (χ2v) is 27.1. The molecule has 0 bridgehead atoms. The highest BCUT2D eigenvalue weighted by Crippen LogP contribution is 2.36. The molecule has 0 unspecified atom stereocenters. The normalized spacial score (nSPS) is 10.7. The lowest BCUT2D eigenvalue weighted by atomic mass is 9.80. The van der Waals surface area contributed by atoms with Crippen LogP contribution >= 0.6 is 22.6 Å². The van der Waals surface area contributed by atoms with E-state index in [9.17, 15) is 17.6 Å². The number of nitrogen functional groups attached to an aromatic ring is 3. The van der Waals surface area contributed by atoms with Crippen molar-refractivity contribution in [1.29, 1.82) is 10.5 Å². The summed E-state index contributed by atoms with van der Waals surface area (Å²) in [5, 5.41) is 43.7. The van der Waals surface area contributed by atoms with Crippen molar-refractivity contribution in [1.82, 2.24) is 68.7 Å². The monoisotopic (exact) mass is 1630 g/mol. The molecule has 0 aliphatic heterocycles. The Morgan fingerprint density at radius 2 is 1.18 bits per heavy atom. The number of carbonyl (C=O) groups excluding carboxylic acids is 1. The van der Waals surface area contributed by atoms with Gasteiger partial charge < -0.3 is 66.7 Å².